The first-order valence-electron chi connectivity index (χ1n) is 8.99. The fourth-order valence-corrected chi connectivity index (χ4v) is 2.36. The van der Waals surface area contributed by atoms with Gasteiger partial charge in [0.05, 0.1) is 19.1 Å². The van der Waals surface area contributed by atoms with Crippen molar-refractivity contribution in [3.63, 3.8) is 0 Å². The van der Waals surface area contributed by atoms with Crippen molar-refractivity contribution in [1.29, 1.82) is 0 Å². The molecule has 1 atom stereocenters. The Labute approximate surface area is 149 Å². The molecule has 0 heterocycles. The summed E-state index contributed by atoms with van der Waals surface area (Å²) in [7, 11) is 0. The van der Waals surface area contributed by atoms with Crippen molar-refractivity contribution in [3.05, 3.63) is 29.8 Å². The van der Waals surface area contributed by atoms with E-state index in [9.17, 15) is 14.4 Å². The molecular weight excluding hydrogens is 320 g/mol. The molecule has 138 valence electrons. The van der Waals surface area contributed by atoms with E-state index in [1.54, 1.807) is 31.2 Å². The Hall–Kier alpha value is -2.17. The van der Waals surface area contributed by atoms with E-state index in [4.69, 9.17) is 4.74 Å². The molecule has 0 N–H and O–H groups in total. The second-order valence-electron chi connectivity index (χ2n) is 5.96. The Morgan fingerprint density at radius 1 is 0.960 bits per heavy atom. The minimum absolute atomic E-state index is 0.107. The highest BCUT2D eigenvalue weighted by atomic mass is 16.5. The Kier molecular flexibility index (Phi) is 9.51. The van der Waals surface area contributed by atoms with E-state index in [1.807, 2.05) is 0 Å². The summed E-state index contributed by atoms with van der Waals surface area (Å²) >= 11 is 0. The molecule has 0 amide bonds. The van der Waals surface area contributed by atoms with Gasteiger partial charge in [-0.3, -0.25) is 9.59 Å². The highest BCUT2D eigenvalue weighted by Crippen LogP contribution is 2.17. The maximum absolute atomic E-state index is 12.3. The fourth-order valence-electron chi connectivity index (χ4n) is 2.36. The van der Waals surface area contributed by atoms with E-state index in [0.717, 1.165) is 12.8 Å². The maximum atomic E-state index is 12.3. The summed E-state index contributed by atoms with van der Waals surface area (Å²) in [6.45, 7) is 5.97. The molecule has 1 aromatic rings. The van der Waals surface area contributed by atoms with Gasteiger partial charge in [-0.25, -0.2) is 4.79 Å². The number of Topliss-reactive ketones (excluding diaryl/α,β-unsaturated/α-hetero) is 2. The number of carbonyl (C=O) groups is 3. The first-order chi connectivity index (χ1) is 12.0. The van der Waals surface area contributed by atoms with Crippen LogP contribution in [0.3, 0.4) is 0 Å². The summed E-state index contributed by atoms with van der Waals surface area (Å²) < 4.78 is 10.3. The third kappa shape index (κ3) is 7.08. The predicted molar refractivity (Wildman–Crippen MR) is 95.8 cm³/mol. The van der Waals surface area contributed by atoms with Gasteiger partial charge in [0.1, 0.15) is 5.75 Å². The van der Waals surface area contributed by atoms with E-state index in [-0.39, 0.29) is 6.61 Å². The fraction of sp³-hybridized carbons (Fsp3) is 0.550. The highest BCUT2D eigenvalue weighted by molar-refractivity contribution is 6.39. The molecule has 0 saturated carbocycles. The molecular formula is C20H28O5. The number of esters is 1. The lowest BCUT2D eigenvalue weighted by molar-refractivity contribution is -0.154. The molecule has 0 saturated heterocycles. The van der Waals surface area contributed by atoms with Gasteiger partial charge >= 0.3 is 5.97 Å². The van der Waals surface area contributed by atoms with Crippen molar-refractivity contribution < 1.29 is 23.9 Å². The van der Waals surface area contributed by atoms with Crippen molar-refractivity contribution >= 4 is 17.5 Å². The SMILES string of the molecule is CCCCCCCOc1ccc(C(=O)C(C)C(=O)C(=O)OCC)cc1. The van der Waals surface area contributed by atoms with Gasteiger partial charge in [0, 0.05) is 5.56 Å². The van der Waals surface area contributed by atoms with Crippen molar-refractivity contribution in [2.45, 2.75) is 52.9 Å². The number of ether oxygens (including phenoxy) is 2. The minimum Gasteiger partial charge on any atom is -0.494 e. The van der Waals surface area contributed by atoms with Crippen molar-refractivity contribution in [3.8, 4) is 5.75 Å². The third-order valence-corrected chi connectivity index (χ3v) is 3.92. The molecule has 1 rings (SSSR count). The molecule has 0 aromatic heterocycles. The van der Waals surface area contributed by atoms with E-state index < -0.39 is 23.5 Å². The van der Waals surface area contributed by atoms with Crippen LogP contribution in [0.4, 0.5) is 0 Å². The van der Waals surface area contributed by atoms with Crippen LogP contribution in [0.15, 0.2) is 24.3 Å². The summed E-state index contributed by atoms with van der Waals surface area (Å²) in [6.07, 6.45) is 5.84. The van der Waals surface area contributed by atoms with E-state index in [0.29, 0.717) is 17.9 Å². The first kappa shape index (κ1) is 20.9. The van der Waals surface area contributed by atoms with Crippen LogP contribution in [-0.2, 0) is 14.3 Å². The number of hydrogen-bond donors (Lipinski definition) is 0. The second-order valence-corrected chi connectivity index (χ2v) is 5.96. The quantitative estimate of drug-likeness (QED) is 0.188. The van der Waals surface area contributed by atoms with E-state index >= 15 is 0 Å². The van der Waals surface area contributed by atoms with Crippen LogP contribution in [0.1, 0.15) is 63.2 Å². The lowest BCUT2D eigenvalue weighted by atomic mass is 9.95. The van der Waals surface area contributed by atoms with Gasteiger partial charge < -0.3 is 9.47 Å². The number of benzene rings is 1. The molecule has 0 bridgehead atoms. The lowest BCUT2D eigenvalue weighted by Crippen LogP contribution is -2.29. The Balaban J connectivity index is 2.50. The van der Waals surface area contributed by atoms with Crippen LogP contribution in [0.25, 0.3) is 0 Å². The zero-order valence-electron chi connectivity index (χ0n) is 15.4. The average molecular weight is 348 g/mol. The third-order valence-electron chi connectivity index (χ3n) is 3.92. The van der Waals surface area contributed by atoms with Crippen molar-refractivity contribution in [2.75, 3.05) is 13.2 Å². The van der Waals surface area contributed by atoms with Crippen molar-refractivity contribution in [1.82, 2.24) is 0 Å². The monoisotopic (exact) mass is 348 g/mol. The van der Waals surface area contributed by atoms with Gasteiger partial charge in [-0.2, -0.15) is 0 Å². The van der Waals surface area contributed by atoms with Crippen LogP contribution in [0, 0.1) is 5.92 Å². The molecule has 0 radical (unpaired) electrons. The topological polar surface area (TPSA) is 69.7 Å². The predicted octanol–water partition coefficient (Wildman–Crippen LogP) is 3.99. The van der Waals surface area contributed by atoms with Crippen molar-refractivity contribution in [2.24, 2.45) is 5.92 Å². The number of carbonyl (C=O) groups excluding carboxylic acids is 3. The Bertz CT molecular complexity index is 562. The molecule has 0 aliphatic heterocycles. The Morgan fingerprint density at radius 2 is 1.60 bits per heavy atom. The summed E-state index contributed by atoms with van der Waals surface area (Å²) in [6, 6.07) is 6.65. The molecule has 1 aromatic carbocycles. The standard InChI is InChI=1S/C20H28O5/c1-4-6-7-8-9-14-25-17-12-10-16(11-13-17)18(21)15(3)19(22)20(23)24-5-2/h10-13,15H,4-9,14H2,1-3H3. The van der Waals surface area contributed by atoms with Gasteiger partial charge in [0.2, 0.25) is 0 Å². The summed E-state index contributed by atoms with van der Waals surface area (Å²) in [5, 5.41) is 0. The molecule has 0 aliphatic rings. The van der Waals surface area contributed by atoms with Crippen LogP contribution in [0.2, 0.25) is 0 Å². The van der Waals surface area contributed by atoms with Gasteiger partial charge in [-0.15, -0.1) is 0 Å². The van der Waals surface area contributed by atoms with Gasteiger partial charge in [-0.1, -0.05) is 32.6 Å². The van der Waals surface area contributed by atoms with E-state index in [1.165, 1.54) is 26.2 Å². The maximum Gasteiger partial charge on any atom is 0.375 e. The molecule has 1 unspecified atom stereocenters. The molecule has 0 spiro atoms. The lowest BCUT2D eigenvalue weighted by Gasteiger charge is -2.10. The zero-order chi connectivity index (χ0) is 18.7. The minimum atomic E-state index is -1.05. The van der Waals surface area contributed by atoms with E-state index in [2.05, 4.69) is 11.7 Å². The molecule has 5 nitrogen and oxygen atoms in total. The highest BCUT2D eigenvalue weighted by Gasteiger charge is 2.29. The van der Waals surface area contributed by atoms with Crippen LogP contribution >= 0.6 is 0 Å². The molecule has 5 heteroatoms. The van der Waals surface area contributed by atoms with Crippen LogP contribution < -0.4 is 4.74 Å². The summed E-state index contributed by atoms with van der Waals surface area (Å²) in [5.74, 6) is -2.55. The smallest absolute Gasteiger partial charge is 0.375 e. The van der Waals surface area contributed by atoms with Gasteiger partial charge in [0.15, 0.2) is 5.78 Å². The number of ketones is 2. The first-order valence-corrected chi connectivity index (χ1v) is 8.99. The normalized spacial score (nSPS) is 11.6. The average Bonchev–Trinajstić information content (AvgIpc) is 2.63. The number of rotatable bonds is 12. The van der Waals surface area contributed by atoms with Gasteiger partial charge in [0.25, 0.3) is 5.78 Å². The molecule has 25 heavy (non-hydrogen) atoms. The second kappa shape index (κ2) is 11.4. The summed E-state index contributed by atoms with van der Waals surface area (Å²) in [5.41, 5.74) is 0.375. The molecule has 0 aliphatic carbocycles. The number of unbranched alkanes of at least 4 members (excludes halogenated alkanes) is 4. The summed E-state index contributed by atoms with van der Waals surface area (Å²) in [4.78, 5) is 35.6. The largest absolute Gasteiger partial charge is 0.494 e. The van der Waals surface area contributed by atoms with Crippen LogP contribution in [-0.4, -0.2) is 30.7 Å². The molecule has 0 fully saturated rings. The van der Waals surface area contributed by atoms with Crippen LogP contribution in [0.5, 0.6) is 5.75 Å². The Morgan fingerprint density at radius 3 is 2.20 bits per heavy atom. The number of hydrogen-bond acceptors (Lipinski definition) is 5. The van der Waals surface area contributed by atoms with Gasteiger partial charge in [-0.05, 0) is 44.5 Å². The zero-order valence-corrected chi connectivity index (χ0v) is 15.4.